The third-order valence-corrected chi connectivity index (χ3v) is 4.85. The second-order valence-corrected chi connectivity index (χ2v) is 6.55. The molecule has 1 fully saturated rings. The van der Waals surface area contributed by atoms with Crippen molar-refractivity contribution in [2.45, 2.75) is 45.0 Å². The SMILES string of the molecule is C=C1C(=O)O[C@@H]2C=C(CO)CCC=C(C=O)[C@H](O)[C@@H](OC(=O)/C(C)=C/C)[C@@H]12. The molecule has 1 aliphatic heterocycles. The first-order chi connectivity index (χ1) is 12.8. The molecule has 0 aromatic rings. The average Bonchev–Trinajstić information content (AvgIpc) is 2.94. The van der Waals surface area contributed by atoms with Gasteiger partial charge in [0, 0.05) is 16.7 Å². The Morgan fingerprint density at radius 2 is 2.19 bits per heavy atom. The van der Waals surface area contributed by atoms with Crippen LogP contribution < -0.4 is 0 Å². The molecular weight excluding hydrogens is 352 g/mol. The molecule has 0 bridgehead atoms. The van der Waals surface area contributed by atoms with Crippen molar-refractivity contribution in [2.24, 2.45) is 5.92 Å². The molecule has 1 saturated heterocycles. The quantitative estimate of drug-likeness (QED) is 0.328. The van der Waals surface area contributed by atoms with Crippen LogP contribution in [0.3, 0.4) is 0 Å². The molecule has 7 heteroatoms. The van der Waals surface area contributed by atoms with Crippen molar-refractivity contribution in [1.82, 2.24) is 0 Å². The predicted octanol–water partition coefficient (Wildman–Crippen LogP) is 1.16. The molecule has 1 aliphatic carbocycles. The number of hydrogen-bond donors (Lipinski definition) is 2. The zero-order valence-electron chi connectivity index (χ0n) is 15.4. The third kappa shape index (κ3) is 4.43. The van der Waals surface area contributed by atoms with Gasteiger partial charge in [-0.3, -0.25) is 4.79 Å². The van der Waals surface area contributed by atoms with Gasteiger partial charge in [0.1, 0.15) is 24.6 Å². The van der Waals surface area contributed by atoms with E-state index in [4.69, 9.17) is 9.47 Å². The number of carbonyl (C=O) groups is 3. The highest BCUT2D eigenvalue weighted by Gasteiger charge is 2.48. The van der Waals surface area contributed by atoms with Crippen LogP contribution in [-0.2, 0) is 23.9 Å². The third-order valence-electron chi connectivity index (χ3n) is 4.85. The first kappa shape index (κ1) is 20.8. The first-order valence-corrected chi connectivity index (χ1v) is 8.71. The summed E-state index contributed by atoms with van der Waals surface area (Å²) in [5.74, 6) is -2.24. The second kappa shape index (κ2) is 8.92. The topological polar surface area (TPSA) is 110 Å². The van der Waals surface area contributed by atoms with Crippen molar-refractivity contribution < 1.29 is 34.1 Å². The van der Waals surface area contributed by atoms with Crippen LogP contribution in [0.2, 0.25) is 0 Å². The predicted molar refractivity (Wildman–Crippen MR) is 96.4 cm³/mol. The van der Waals surface area contributed by atoms with E-state index >= 15 is 0 Å². The number of aliphatic hydroxyl groups excluding tert-OH is 2. The number of hydrogen-bond acceptors (Lipinski definition) is 7. The summed E-state index contributed by atoms with van der Waals surface area (Å²) >= 11 is 0. The van der Waals surface area contributed by atoms with Crippen LogP contribution in [0.1, 0.15) is 26.7 Å². The highest BCUT2D eigenvalue weighted by molar-refractivity contribution is 5.92. The van der Waals surface area contributed by atoms with Crippen LogP contribution in [0.4, 0.5) is 0 Å². The smallest absolute Gasteiger partial charge is 0.334 e. The van der Waals surface area contributed by atoms with Gasteiger partial charge in [-0.05, 0) is 38.3 Å². The Bertz CT molecular complexity index is 729. The van der Waals surface area contributed by atoms with E-state index in [1.165, 1.54) is 6.08 Å². The van der Waals surface area contributed by atoms with E-state index in [2.05, 4.69) is 6.58 Å². The lowest BCUT2D eigenvalue weighted by Gasteiger charge is -2.30. The largest absolute Gasteiger partial charge is 0.455 e. The van der Waals surface area contributed by atoms with Gasteiger partial charge in [-0.2, -0.15) is 0 Å². The molecule has 7 nitrogen and oxygen atoms in total. The van der Waals surface area contributed by atoms with Gasteiger partial charge in [0.15, 0.2) is 0 Å². The summed E-state index contributed by atoms with van der Waals surface area (Å²) in [4.78, 5) is 35.9. The fourth-order valence-electron chi connectivity index (χ4n) is 3.10. The van der Waals surface area contributed by atoms with Gasteiger partial charge in [-0.1, -0.05) is 18.7 Å². The molecule has 0 spiro atoms. The minimum absolute atomic E-state index is 0.0364. The lowest BCUT2D eigenvalue weighted by Crippen LogP contribution is -2.43. The normalized spacial score (nSPS) is 29.3. The van der Waals surface area contributed by atoms with Crippen LogP contribution in [0.15, 0.2) is 47.1 Å². The van der Waals surface area contributed by atoms with Crippen molar-refractivity contribution >= 4 is 18.2 Å². The molecule has 0 saturated carbocycles. The van der Waals surface area contributed by atoms with Crippen molar-refractivity contribution in [1.29, 1.82) is 0 Å². The molecule has 2 rings (SSSR count). The van der Waals surface area contributed by atoms with Gasteiger partial charge >= 0.3 is 11.9 Å². The molecule has 0 aromatic heterocycles. The number of esters is 2. The minimum Gasteiger partial charge on any atom is -0.455 e. The monoisotopic (exact) mass is 376 g/mol. The maximum Gasteiger partial charge on any atom is 0.334 e. The van der Waals surface area contributed by atoms with Crippen LogP contribution in [0.25, 0.3) is 0 Å². The number of carbonyl (C=O) groups excluding carboxylic acids is 3. The number of allylic oxidation sites excluding steroid dienone is 2. The maximum absolute atomic E-state index is 12.3. The van der Waals surface area contributed by atoms with E-state index in [-0.39, 0.29) is 17.8 Å². The van der Waals surface area contributed by atoms with Gasteiger partial charge in [0.2, 0.25) is 0 Å². The summed E-state index contributed by atoms with van der Waals surface area (Å²) in [6.45, 7) is 6.68. The Morgan fingerprint density at radius 3 is 2.78 bits per heavy atom. The van der Waals surface area contributed by atoms with Crippen molar-refractivity contribution in [3.05, 3.63) is 47.1 Å². The molecule has 0 unspecified atom stereocenters. The van der Waals surface area contributed by atoms with Crippen LogP contribution >= 0.6 is 0 Å². The number of rotatable bonds is 4. The molecule has 27 heavy (non-hydrogen) atoms. The second-order valence-electron chi connectivity index (χ2n) is 6.55. The van der Waals surface area contributed by atoms with Crippen LogP contribution in [-0.4, -0.2) is 53.4 Å². The van der Waals surface area contributed by atoms with Crippen LogP contribution in [0, 0.1) is 5.92 Å². The van der Waals surface area contributed by atoms with E-state index in [0.717, 1.165) is 0 Å². The lowest BCUT2D eigenvalue weighted by atomic mass is 9.83. The Hall–Kier alpha value is -2.51. The van der Waals surface area contributed by atoms with Crippen molar-refractivity contribution in [3.63, 3.8) is 0 Å². The Kier molecular flexibility index (Phi) is 6.87. The molecule has 146 valence electrons. The van der Waals surface area contributed by atoms with Gasteiger partial charge < -0.3 is 19.7 Å². The van der Waals surface area contributed by atoms with E-state index in [0.29, 0.717) is 30.3 Å². The lowest BCUT2D eigenvalue weighted by molar-refractivity contribution is -0.153. The summed E-state index contributed by atoms with van der Waals surface area (Å²) in [7, 11) is 0. The zero-order valence-corrected chi connectivity index (χ0v) is 15.4. The highest BCUT2D eigenvalue weighted by Crippen LogP contribution is 2.36. The minimum atomic E-state index is -1.45. The van der Waals surface area contributed by atoms with Gasteiger partial charge in [-0.25, -0.2) is 9.59 Å². The number of fused-ring (bicyclic) bond motifs is 1. The molecule has 1 heterocycles. The fourth-order valence-corrected chi connectivity index (χ4v) is 3.10. The number of aliphatic hydroxyl groups is 2. The van der Waals surface area contributed by atoms with Gasteiger partial charge in [0.25, 0.3) is 0 Å². The van der Waals surface area contributed by atoms with E-state index in [1.54, 1.807) is 26.0 Å². The molecule has 2 aliphatic rings. The Labute approximate surface area is 157 Å². The van der Waals surface area contributed by atoms with Crippen molar-refractivity contribution in [2.75, 3.05) is 6.61 Å². The fraction of sp³-hybridized carbons (Fsp3) is 0.450. The summed E-state index contributed by atoms with van der Waals surface area (Å²) in [6.07, 6.45) is 2.43. The summed E-state index contributed by atoms with van der Waals surface area (Å²) in [6, 6.07) is 0. The average molecular weight is 376 g/mol. The summed E-state index contributed by atoms with van der Waals surface area (Å²) < 4.78 is 10.8. The maximum atomic E-state index is 12.3. The Morgan fingerprint density at radius 1 is 1.48 bits per heavy atom. The molecular formula is C20H24O7. The highest BCUT2D eigenvalue weighted by atomic mass is 16.6. The molecule has 0 radical (unpaired) electrons. The first-order valence-electron chi connectivity index (χ1n) is 8.71. The van der Waals surface area contributed by atoms with Gasteiger partial charge in [-0.15, -0.1) is 0 Å². The van der Waals surface area contributed by atoms with E-state index in [1.807, 2.05) is 0 Å². The Balaban J connectivity index is 2.54. The molecule has 0 amide bonds. The standard InChI is InChI=1S/C20H24O7/c1-4-11(2)19(24)27-18-16-12(3)20(25)26-15(16)8-13(9-21)6-5-7-14(10-22)17(18)23/h4,7-8,10,15-18,21,23H,3,5-6,9H2,1-2H3/b11-4+,13-8?,14-7?/t15-,16+,17+,18+/m1/s1. The molecule has 2 N–H and O–H groups in total. The van der Waals surface area contributed by atoms with Gasteiger partial charge in [0.05, 0.1) is 12.5 Å². The van der Waals surface area contributed by atoms with E-state index < -0.39 is 36.2 Å². The summed E-state index contributed by atoms with van der Waals surface area (Å²) in [5.41, 5.74) is 1.00. The van der Waals surface area contributed by atoms with Crippen LogP contribution in [0.5, 0.6) is 0 Å². The molecule has 0 aromatic carbocycles. The number of ether oxygens (including phenoxy) is 2. The zero-order chi connectivity index (χ0) is 20.1. The van der Waals surface area contributed by atoms with E-state index in [9.17, 15) is 24.6 Å². The number of aldehydes is 1. The summed E-state index contributed by atoms with van der Waals surface area (Å²) in [5, 5.41) is 20.3. The van der Waals surface area contributed by atoms with Crippen molar-refractivity contribution in [3.8, 4) is 0 Å². The molecule has 4 atom stereocenters.